The maximum absolute atomic E-state index is 11.9. The molecule has 0 radical (unpaired) electrons. The second-order valence-corrected chi connectivity index (χ2v) is 6.52. The molecule has 116 valence electrons. The molecule has 1 rings (SSSR count). The molecule has 1 amide bonds. The van der Waals surface area contributed by atoms with E-state index in [0.29, 0.717) is 18.8 Å². The van der Waals surface area contributed by atoms with Crippen molar-refractivity contribution < 1.29 is 17.9 Å². The Hall–Kier alpha value is -1.35. The first-order valence-corrected chi connectivity index (χ1v) is 8.02. The van der Waals surface area contributed by atoms with Crippen molar-refractivity contribution in [2.45, 2.75) is 45.1 Å². The molecule has 1 fully saturated rings. The van der Waals surface area contributed by atoms with Gasteiger partial charge in [0.05, 0.1) is 12.1 Å². The van der Waals surface area contributed by atoms with Crippen LogP contribution in [0.5, 0.6) is 0 Å². The number of rotatable bonds is 5. The minimum atomic E-state index is -4.12. The summed E-state index contributed by atoms with van der Waals surface area (Å²) in [7, 11) is -4.12. The van der Waals surface area contributed by atoms with E-state index in [1.54, 1.807) is 11.6 Å². The van der Waals surface area contributed by atoms with Gasteiger partial charge in [0.25, 0.3) is 0 Å². The van der Waals surface area contributed by atoms with E-state index < -0.39 is 21.8 Å². The van der Waals surface area contributed by atoms with Crippen LogP contribution in [-0.2, 0) is 14.9 Å². The van der Waals surface area contributed by atoms with Crippen LogP contribution in [-0.4, -0.2) is 32.5 Å². The van der Waals surface area contributed by atoms with Gasteiger partial charge in [0.1, 0.15) is 5.84 Å². The minimum Gasteiger partial charge on any atom is -0.449 e. The first-order chi connectivity index (χ1) is 9.21. The van der Waals surface area contributed by atoms with Gasteiger partial charge in [-0.15, -0.1) is 0 Å². The molecule has 0 bridgehead atoms. The highest BCUT2D eigenvalue weighted by Gasteiger charge is 2.41. The van der Waals surface area contributed by atoms with Crippen LogP contribution >= 0.6 is 0 Å². The average Bonchev–Trinajstić information content (AvgIpc) is 2.31. The Morgan fingerprint density at radius 3 is 2.45 bits per heavy atom. The fourth-order valence-corrected chi connectivity index (χ4v) is 3.39. The lowest BCUT2D eigenvalue weighted by Gasteiger charge is -2.38. The van der Waals surface area contributed by atoms with E-state index in [1.165, 1.54) is 0 Å². The monoisotopic (exact) mass is 306 g/mol. The van der Waals surface area contributed by atoms with Gasteiger partial charge in [0, 0.05) is 0 Å². The molecule has 0 aliphatic heterocycles. The van der Waals surface area contributed by atoms with Crippen molar-refractivity contribution >= 4 is 22.1 Å². The highest BCUT2D eigenvalue weighted by atomic mass is 32.2. The number of carbonyl (C=O) groups is 1. The summed E-state index contributed by atoms with van der Waals surface area (Å²) in [5.41, 5.74) is 4.44. The van der Waals surface area contributed by atoms with Gasteiger partial charge >= 0.3 is 16.3 Å². The van der Waals surface area contributed by atoms with E-state index >= 15 is 0 Å². The number of hydrogen-bond donors (Lipinski definition) is 4. The smallest absolute Gasteiger partial charge is 0.421 e. The molecule has 20 heavy (non-hydrogen) atoms. The van der Waals surface area contributed by atoms with Crippen molar-refractivity contribution in [3.05, 3.63) is 0 Å². The Kier molecular flexibility index (Phi) is 5.35. The van der Waals surface area contributed by atoms with Gasteiger partial charge in [0.2, 0.25) is 0 Å². The third-order valence-electron chi connectivity index (χ3n) is 3.47. The fourth-order valence-electron chi connectivity index (χ4n) is 2.23. The maximum atomic E-state index is 11.9. The average molecular weight is 306 g/mol. The summed E-state index contributed by atoms with van der Waals surface area (Å²) < 4.78 is 32.4. The molecular weight excluding hydrogens is 284 g/mol. The lowest BCUT2D eigenvalue weighted by molar-refractivity contribution is 0.158. The van der Waals surface area contributed by atoms with E-state index in [-0.39, 0.29) is 12.4 Å². The molecule has 0 unspecified atom stereocenters. The van der Waals surface area contributed by atoms with Gasteiger partial charge in [-0.3, -0.25) is 5.41 Å². The normalized spacial score (nSPS) is 26.8. The summed E-state index contributed by atoms with van der Waals surface area (Å²) in [6, 6.07) is 0. The molecule has 0 atom stereocenters. The zero-order valence-corrected chi connectivity index (χ0v) is 12.5. The van der Waals surface area contributed by atoms with Gasteiger partial charge in [-0.25, -0.2) is 9.52 Å². The third-order valence-corrected chi connectivity index (χ3v) is 4.56. The summed E-state index contributed by atoms with van der Waals surface area (Å²) in [6.07, 6.45) is 1.35. The number of hydrogen-bond acceptors (Lipinski definition) is 5. The zero-order valence-electron chi connectivity index (χ0n) is 11.7. The lowest BCUT2D eigenvalue weighted by atomic mass is 9.77. The van der Waals surface area contributed by atoms with Crippen molar-refractivity contribution in [2.24, 2.45) is 11.7 Å². The largest absolute Gasteiger partial charge is 0.449 e. The molecule has 0 spiro atoms. The lowest BCUT2D eigenvalue weighted by Crippen LogP contribution is -2.61. The van der Waals surface area contributed by atoms with Crippen LogP contribution in [0, 0.1) is 11.3 Å². The minimum absolute atomic E-state index is 0.0662. The summed E-state index contributed by atoms with van der Waals surface area (Å²) in [6.45, 7) is 3.70. The van der Waals surface area contributed by atoms with Gasteiger partial charge in [-0.2, -0.15) is 13.1 Å². The van der Waals surface area contributed by atoms with Gasteiger partial charge in [-0.1, -0.05) is 6.92 Å². The van der Waals surface area contributed by atoms with Gasteiger partial charge in [-0.05, 0) is 38.5 Å². The Balaban J connectivity index is 2.80. The maximum Gasteiger partial charge on any atom is 0.421 e. The van der Waals surface area contributed by atoms with Gasteiger partial charge in [0.15, 0.2) is 0 Å². The van der Waals surface area contributed by atoms with Crippen LogP contribution in [0.25, 0.3) is 0 Å². The van der Waals surface area contributed by atoms with E-state index in [0.717, 1.165) is 12.8 Å². The predicted octanol–water partition coefficient (Wildman–Crippen LogP) is 0.452. The fraction of sp³-hybridized carbons (Fsp3) is 0.818. The van der Waals surface area contributed by atoms with E-state index in [9.17, 15) is 13.2 Å². The SMILES string of the molecule is CCOC(=O)NS(=O)(=O)NC1(C(=N)N)CCC(C)CC1. The van der Waals surface area contributed by atoms with Crippen LogP contribution in [0.2, 0.25) is 0 Å². The molecule has 5 N–H and O–H groups in total. The van der Waals surface area contributed by atoms with E-state index in [2.05, 4.69) is 16.4 Å². The standard InChI is InChI=1S/C11H22N4O4S/c1-3-19-10(16)14-20(17,18)15-11(9(12)13)6-4-8(2)5-7-11/h8,15H,3-7H2,1-2H3,(H3,12,13)(H,14,16). The van der Waals surface area contributed by atoms with E-state index in [4.69, 9.17) is 11.1 Å². The third kappa shape index (κ3) is 4.34. The molecule has 0 heterocycles. The molecule has 1 aliphatic carbocycles. The molecule has 8 nitrogen and oxygen atoms in total. The summed E-state index contributed by atoms with van der Waals surface area (Å²) in [5, 5.41) is 7.65. The van der Waals surface area contributed by atoms with E-state index in [1.807, 2.05) is 0 Å². The molecule has 1 saturated carbocycles. The van der Waals surface area contributed by atoms with Crippen molar-refractivity contribution in [2.75, 3.05) is 6.61 Å². The molecular formula is C11H22N4O4S. The van der Waals surface area contributed by atoms with Crippen LogP contribution in [0.4, 0.5) is 4.79 Å². The Labute approximate surface area is 119 Å². The number of amidine groups is 1. The number of carbonyl (C=O) groups excluding carboxylic acids is 1. The molecule has 9 heteroatoms. The molecule has 0 aromatic rings. The van der Waals surface area contributed by atoms with Crippen LogP contribution < -0.4 is 15.2 Å². The highest BCUT2D eigenvalue weighted by Crippen LogP contribution is 2.32. The Morgan fingerprint density at radius 2 is 2.00 bits per heavy atom. The number of nitrogens with two attached hydrogens (primary N) is 1. The predicted molar refractivity (Wildman–Crippen MR) is 74.5 cm³/mol. The first-order valence-electron chi connectivity index (χ1n) is 6.54. The van der Waals surface area contributed by atoms with Crippen LogP contribution in [0.1, 0.15) is 39.5 Å². The second-order valence-electron chi connectivity index (χ2n) is 5.11. The number of ether oxygens (including phenoxy) is 1. The summed E-state index contributed by atoms with van der Waals surface area (Å²) in [4.78, 5) is 11.2. The van der Waals surface area contributed by atoms with Crippen LogP contribution in [0.3, 0.4) is 0 Å². The number of nitrogens with one attached hydrogen (secondary N) is 3. The van der Waals surface area contributed by atoms with Crippen molar-refractivity contribution in [1.82, 2.24) is 9.44 Å². The van der Waals surface area contributed by atoms with Crippen molar-refractivity contribution in [1.29, 1.82) is 5.41 Å². The zero-order chi connectivity index (χ0) is 15.4. The summed E-state index contributed by atoms with van der Waals surface area (Å²) >= 11 is 0. The molecule has 0 aromatic carbocycles. The number of amides is 1. The summed E-state index contributed by atoms with van der Waals surface area (Å²) in [5.74, 6) is 0.226. The first kappa shape index (κ1) is 16.7. The van der Waals surface area contributed by atoms with Gasteiger partial charge < -0.3 is 10.5 Å². The highest BCUT2D eigenvalue weighted by molar-refractivity contribution is 7.88. The molecule has 0 aromatic heterocycles. The Bertz CT molecular complexity index is 469. The van der Waals surface area contributed by atoms with Crippen molar-refractivity contribution in [3.8, 4) is 0 Å². The van der Waals surface area contributed by atoms with Crippen LogP contribution in [0.15, 0.2) is 0 Å². The molecule has 0 saturated heterocycles. The molecule has 1 aliphatic rings. The Morgan fingerprint density at radius 1 is 1.45 bits per heavy atom. The topological polar surface area (TPSA) is 134 Å². The van der Waals surface area contributed by atoms with Crippen molar-refractivity contribution in [3.63, 3.8) is 0 Å². The quantitative estimate of drug-likeness (QED) is 0.432. The second kappa shape index (κ2) is 6.40.